The molecule has 0 fully saturated rings. The number of rotatable bonds is 6. The van der Waals surface area contributed by atoms with Crippen LogP contribution in [0.15, 0.2) is 46.9 Å². The molecule has 2 aromatic carbocycles. The van der Waals surface area contributed by atoms with Gasteiger partial charge in [0.1, 0.15) is 0 Å². The molecule has 0 aliphatic carbocycles. The van der Waals surface area contributed by atoms with E-state index in [9.17, 15) is 0 Å². The number of halogens is 1. The third-order valence-electron chi connectivity index (χ3n) is 3.29. The summed E-state index contributed by atoms with van der Waals surface area (Å²) in [6.07, 6.45) is 0. The zero-order valence-electron chi connectivity index (χ0n) is 13.4. The van der Waals surface area contributed by atoms with Crippen molar-refractivity contribution in [3.8, 4) is 29.0 Å². The summed E-state index contributed by atoms with van der Waals surface area (Å²) in [7, 11) is 0. The van der Waals surface area contributed by atoms with Gasteiger partial charge in [0.05, 0.1) is 28.8 Å². The highest BCUT2D eigenvalue weighted by Crippen LogP contribution is 2.30. The predicted octanol–water partition coefficient (Wildman–Crippen LogP) is 4.24. The quantitative estimate of drug-likeness (QED) is 0.657. The van der Waals surface area contributed by atoms with Crippen molar-refractivity contribution in [1.29, 1.82) is 5.26 Å². The second-order valence-corrected chi connectivity index (χ2v) is 5.38. The average Bonchev–Trinajstić information content (AvgIpc) is 3.10. The smallest absolute Gasteiger partial charge is 0.254 e. The van der Waals surface area contributed by atoms with Crippen molar-refractivity contribution in [3.63, 3.8) is 0 Å². The van der Waals surface area contributed by atoms with E-state index in [0.29, 0.717) is 46.0 Å². The van der Waals surface area contributed by atoms with Crippen LogP contribution >= 0.6 is 11.6 Å². The lowest BCUT2D eigenvalue weighted by Gasteiger charge is -2.10. The minimum atomic E-state index is 0.0728. The van der Waals surface area contributed by atoms with Gasteiger partial charge >= 0.3 is 0 Å². The fourth-order valence-corrected chi connectivity index (χ4v) is 2.38. The lowest BCUT2D eigenvalue weighted by Crippen LogP contribution is -2.00. The first-order valence-corrected chi connectivity index (χ1v) is 7.96. The summed E-state index contributed by atoms with van der Waals surface area (Å²) in [5.74, 6) is 1.63. The Bertz CT molecular complexity index is 918. The van der Waals surface area contributed by atoms with Crippen LogP contribution < -0.4 is 9.47 Å². The van der Waals surface area contributed by atoms with Crippen molar-refractivity contribution in [2.24, 2.45) is 0 Å². The van der Waals surface area contributed by atoms with E-state index in [4.69, 9.17) is 30.8 Å². The molecule has 1 aromatic heterocycles. The molecule has 1 heterocycles. The molecule has 25 heavy (non-hydrogen) atoms. The van der Waals surface area contributed by atoms with Crippen LogP contribution in [0.2, 0.25) is 5.02 Å². The van der Waals surface area contributed by atoms with Gasteiger partial charge in [0, 0.05) is 6.07 Å². The van der Waals surface area contributed by atoms with Crippen LogP contribution in [0.4, 0.5) is 0 Å². The fraction of sp³-hybridized carbons (Fsp3) is 0.167. The van der Waals surface area contributed by atoms with E-state index in [1.807, 2.05) is 19.1 Å². The number of hydrogen-bond acceptors (Lipinski definition) is 6. The van der Waals surface area contributed by atoms with Crippen LogP contribution in [0.25, 0.3) is 11.5 Å². The normalized spacial score (nSPS) is 10.3. The molecule has 0 spiro atoms. The molecular formula is C18H14ClN3O3. The highest BCUT2D eigenvalue weighted by atomic mass is 35.5. The van der Waals surface area contributed by atoms with Gasteiger partial charge in [0.2, 0.25) is 5.89 Å². The molecule has 0 atom stereocenters. The number of hydrogen-bond donors (Lipinski definition) is 0. The Morgan fingerprint density at radius 3 is 2.72 bits per heavy atom. The first kappa shape index (κ1) is 16.8. The number of ether oxygens (including phenoxy) is 2. The Morgan fingerprint density at radius 1 is 1.12 bits per heavy atom. The van der Waals surface area contributed by atoms with E-state index in [1.54, 1.807) is 30.3 Å². The molecule has 0 saturated heterocycles. The molecule has 3 rings (SSSR count). The van der Waals surface area contributed by atoms with E-state index in [0.717, 1.165) is 0 Å². The van der Waals surface area contributed by atoms with Crippen molar-refractivity contribution in [1.82, 2.24) is 10.2 Å². The van der Waals surface area contributed by atoms with E-state index in [-0.39, 0.29) is 6.61 Å². The molecule has 0 N–H and O–H groups in total. The lowest BCUT2D eigenvalue weighted by atomic mass is 10.2. The minimum Gasteiger partial charge on any atom is -0.490 e. The van der Waals surface area contributed by atoms with E-state index in [2.05, 4.69) is 16.3 Å². The van der Waals surface area contributed by atoms with Crippen LogP contribution in [-0.2, 0) is 6.61 Å². The number of aromatic nitrogens is 2. The monoisotopic (exact) mass is 355 g/mol. The standard InChI is InChI=1S/C18H14ClN3O3/c1-2-23-16-9-12(10-20)7-8-15(16)24-11-17-21-22-18(25-17)13-5-3-4-6-14(13)19/h3-9H,2,11H2,1H3. The Labute approximate surface area is 149 Å². The number of nitrogens with zero attached hydrogens (tertiary/aromatic N) is 3. The Hall–Kier alpha value is -3.04. The van der Waals surface area contributed by atoms with Gasteiger partial charge in [-0.3, -0.25) is 0 Å². The fourth-order valence-electron chi connectivity index (χ4n) is 2.16. The average molecular weight is 356 g/mol. The maximum absolute atomic E-state index is 8.97. The molecular weight excluding hydrogens is 342 g/mol. The Balaban J connectivity index is 1.75. The van der Waals surface area contributed by atoms with Crippen LogP contribution in [0.3, 0.4) is 0 Å². The Kier molecular flexibility index (Phi) is 5.17. The second-order valence-electron chi connectivity index (χ2n) is 4.98. The topological polar surface area (TPSA) is 81.2 Å². The van der Waals surface area contributed by atoms with Crippen molar-refractivity contribution < 1.29 is 13.9 Å². The first-order chi connectivity index (χ1) is 12.2. The molecule has 3 aromatic rings. The Morgan fingerprint density at radius 2 is 1.96 bits per heavy atom. The van der Waals surface area contributed by atoms with Gasteiger partial charge in [0.15, 0.2) is 18.1 Å². The van der Waals surface area contributed by atoms with Gasteiger partial charge in [-0.1, -0.05) is 23.7 Å². The highest BCUT2D eigenvalue weighted by Gasteiger charge is 2.13. The van der Waals surface area contributed by atoms with Gasteiger partial charge in [-0.05, 0) is 31.2 Å². The van der Waals surface area contributed by atoms with Crippen LogP contribution in [0.1, 0.15) is 18.4 Å². The molecule has 6 nitrogen and oxygen atoms in total. The molecule has 0 saturated carbocycles. The second kappa shape index (κ2) is 7.69. The van der Waals surface area contributed by atoms with Crippen molar-refractivity contribution >= 4 is 11.6 Å². The molecule has 0 unspecified atom stereocenters. The van der Waals surface area contributed by atoms with E-state index >= 15 is 0 Å². The zero-order valence-corrected chi connectivity index (χ0v) is 14.2. The lowest BCUT2D eigenvalue weighted by molar-refractivity contribution is 0.243. The molecule has 7 heteroatoms. The van der Waals surface area contributed by atoms with E-state index < -0.39 is 0 Å². The van der Waals surface area contributed by atoms with Crippen molar-refractivity contribution in [3.05, 3.63) is 58.9 Å². The van der Waals surface area contributed by atoms with Crippen LogP contribution in [0, 0.1) is 11.3 Å². The van der Waals surface area contributed by atoms with Gasteiger partial charge < -0.3 is 13.9 Å². The maximum Gasteiger partial charge on any atom is 0.254 e. The molecule has 0 amide bonds. The molecule has 0 aliphatic heterocycles. The largest absolute Gasteiger partial charge is 0.490 e. The molecule has 0 bridgehead atoms. The summed E-state index contributed by atoms with van der Waals surface area (Å²) >= 11 is 6.12. The zero-order chi connectivity index (χ0) is 17.6. The first-order valence-electron chi connectivity index (χ1n) is 7.58. The maximum atomic E-state index is 8.97. The number of benzene rings is 2. The summed E-state index contributed by atoms with van der Waals surface area (Å²) in [6.45, 7) is 2.39. The minimum absolute atomic E-state index is 0.0728. The summed E-state index contributed by atoms with van der Waals surface area (Å²) < 4.78 is 16.8. The van der Waals surface area contributed by atoms with Crippen LogP contribution in [-0.4, -0.2) is 16.8 Å². The molecule has 0 radical (unpaired) electrons. The summed E-state index contributed by atoms with van der Waals surface area (Å²) in [4.78, 5) is 0. The van der Waals surface area contributed by atoms with Crippen molar-refractivity contribution in [2.75, 3.05) is 6.61 Å². The highest BCUT2D eigenvalue weighted by molar-refractivity contribution is 6.33. The summed E-state index contributed by atoms with van der Waals surface area (Å²) in [5.41, 5.74) is 1.16. The summed E-state index contributed by atoms with van der Waals surface area (Å²) in [6, 6.07) is 14.2. The third-order valence-corrected chi connectivity index (χ3v) is 3.62. The van der Waals surface area contributed by atoms with E-state index in [1.165, 1.54) is 0 Å². The summed E-state index contributed by atoms with van der Waals surface area (Å²) in [5, 5.41) is 17.5. The van der Waals surface area contributed by atoms with Gasteiger partial charge in [-0.25, -0.2) is 0 Å². The van der Waals surface area contributed by atoms with Gasteiger partial charge in [-0.15, -0.1) is 10.2 Å². The van der Waals surface area contributed by atoms with Crippen molar-refractivity contribution in [2.45, 2.75) is 13.5 Å². The van der Waals surface area contributed by atoms with Crippen LogP contribution in [0.5, 0.6) is 11.5 Å². The SMILES string of the molecule is CCOc1cc(C#N)ccc1OCc1nnc(-c2ccccc2Cl)o1. The predicted molar refractivity (Wildman–Crippen MR) is 91.4 cm³/mol. The van der Waals surface area contributed by atoms with Gasteiger partial charge in [0.25, 0.3) is 5.89 Å². The molecule has 126 valence electrons. The number of nitriles is 1. The third kappa shape index (κ3) is 3.90. The molecule has 0 aliphatic rings. The van der Waals surface area contributed by atoms with Gasteiger partial charge in [-0.2, -0.15) is 5.26 Å².